The predicted octanol–water partition coefficient (Wildman–Crippen LogP) is 2.34. The number of hydrogen-bond donors (Lipinski definition) is 0. The van der Waals surface area contributed by atoms with Crippen LogP contribution in [0.1, 0.15) is 5.56 Å². The largest absolute Gasteiger partial charge is 0.466 e. The minimum absolute atomic E-state index is 0.132. The van der Waals surface area contributed by atoms with Crippen LogP contribution in [0.4, 0.5) is 0 Å². The van der Waals surface area contributed by atoms with Crippen LogP contribution in [0.25, 0.3) is 0 Å². The van der Waals surface area contributed by atoms with Crippen LogP contribution < -0.4 is 0 Å². The van der Waals surface area contributed by atoms with Gasteiger partial charge in [-0.25, -0.2) is 0 Å². The zero-order valence-corrected chi connectivity index (χ0v) is 9.05. The zero-order valence-electron chi connectivity index (χ0n) is 9.05. The Hall–Kier alpha value is -1.32. The number of methoxy groups -OCH3 is 2. The summed E-state index contributed by atoms with van der Waals surface area (Å²) in [7, 11) is 3.30. The first kappa shape index (κ1) is 11.8. The van der Waals surface area contributed by atoms with Crippen LogP contribution in [0.3, 0.4) is 0 Å². The second kappa shape index (κ2) is 7.04. The van der Waals surface area contributed by atoms with E-state index in [1.807, 2.05) is 18.2 Å². The molecule has 0 atom stereocenters. The molecule has 82 valence electrons. The van der Waals surface area contributed by atoms with Gasteiger partial charge in [-0.2, -0.15) is 0 Å². The van der Waals surface area contributed by atoms with E-state index in [0.29, 0.717) is 0 Å². The average Bonchev–Trinajstić information content (AvgIpc) is 3.15. The maximum absolute atomic E-state index is 5.08. The second-order valence-electron chi connectivity index (χ2n) is 3.00. The molecule has 1 aliphatic rings. The summed E-state index contributed by atoms with van der Waals surface area (Å²) in [6.45, 7) is 0. The summed E-state index contributed by atoms with van der Waals surface area (Å²) < 4.78 is 14.4. The van der Waals surface area contributed by atoms with Crippen LogP contribution in [-0.2, 0) is 20.6 Å². The van der Waals surface area contributed by atoms with E-state index in [4.69, 9.17) is 9.47 Å². The van der Waals surface area contributed by atoms with Crippen molar-refractivity contribution in [3.63, 3.8) is 0 Å². The van der Waals surface area contributed by atoms with Gasteiger partial charge >= 0.3 is 0 Å². The van der Waals surface area contributed by atoms with Gasteiger partial charge in [-0.15, -0.1) is 0 Å². The lowest BCUT2D eigenvalue weighted by molar-refractivity contribution is -0.100. The number of hydrogen-bond acceptors (Lipinski definition) is 3. The summed E-state index contributed by atoms with van der Waals surface area (Å²) in [6, 6.07) is 10.1. The van der Waals surface area contributed by atoms with Crippen molar-refractivity contribution in [3.8, 4) is 0 Å². The van der Waals surface area contributed by atoms with Crippen LogP contribution >= 0.6 is 0 Å². The van der Waals surface area contributed by atoms with Gasteiger partial charge in [0.25, 0.3) is 0 Å². The molecule has 1 aromatic rings. The van der Waals surface area contributed by atoms with Crippen LogP contribution in [0, 0.1) is 0 Å². The molecule has 1 aromatic carbocycles. The fourth-order valence-corrected chi connectivity index (χ4v) is 1.07. The molecule has 3 nitrogen and oxygen atoms in total. The Balaban J connectivity index is 0.000000319. The molecule has 1 aliphatic heterocycles. The van der Waals surface area contributed by atoms with Gasteiger partial charge in [-0.3, -0.25) is 0 Å². The van der Waals surface area contributed by atoms with Crippen LogP contribution in [0.5, 0.6) is 0 Å². The molecular formula is C12H16O3. The average molecular weight is 208 g/mol. The second-order valence-corrected chi connectivity index (χ2v) is 3.00. The summed E-state index contributed by atoms with van der Waals surface area (Å²) in [4.78, 5) is 0. The minimum atomic E-state index is -0.132. The standard InChI is InChI=1S/C10H14O2.C2H2O/c1-11-10(12-2)8-9-6-4-3-5-7-9;1-2-3-1/h3-7,10H,8H2,1-2H3;1-2H. The third kappa shape index (κ3) is 5.88. The highest BCUT2D eigenvalue weighted by Crippen LogP contribution is 2.05. The van der Waals surface area contributed by atoms with Gasteiger partial charge in [-0.1, -0.05) is 30.3 Å². The van der Waals surface area contributed by atoms with Gasteiger partial charge < -0.3 is 14.2 Å². The first-order chi connectivity index (χ1) is 7.36. The first-order valence-electron chi connectivity index (χ1n) is 4.77. The number of rotatable bonds is 4. The van der Waals surface area contributed by atoms with Crippen molar-refractivity contribution >= 4 is 0 Å². The lowest BCUT2D eigenvalue weighted by Crippen LogP contribution is -2.15. The lowest BCUT2D eigenvalue weighted by Gasteiger charge is -2.12. The molecule has 15 heavy (non-hydrogen) atoms. The van der Waals surface area contributed by atoms with E-state index in [0.717, 1.165) is 6.42 Å². The molecule has 0 bridgehead atoms. The van der Waals surface area contributed by atoms with E-state index >= 15 is 0 Å². The van der Waals surface area contributed by atoms with Gasteiger partial charge in [0, 0.05) is 20.6 Å². The molecule has 0 radical (unpaired) electrons. The topological polar surface area (TPSA) is 31.0 Å². The van der Waals surface area contributed by atoms with Crippen molar-refractivity contribution in [1.29, 1.82) is 0 Å². The Morgan fingerprint density at radius 2 is 1.60 bits per heavy atom. The molecular weight excluding hydrogens is 192 g/mol. The molecule has 0 spiro atoms. The Kier molecular flexibility index (Phi) is 5.51. The highest BCUT2D eigenvalue weighted by atomic mass is 16.7. The highest BCUT2D eigenvalue weighted by Gasteiger charge is 2.04. The smallest absolute Gasteiger partial charge is 0.160 e. The monoisotopic (exact) mass is 208 g/mol. The van der Waals surface area contributed by atoms with Crippen molar-refractivity contribution in [2.24, 2.45) is 0 Å². The molecule has 1 heterocycles. The normalized spacial score (nSPS) is 11.7. The number of benzene rings is 1. The fraction of sp³-hybridized carbons (Fsp3) is 0.333. The fourth-order valence-electron chi connectivity index (χ4n) is 1.07. The first-order valence-corrected chi connectivity index (χ1v) is 4.77. The van der Waals surface area contributed by atoms with Crippen molar-refractivity contribution in [2.75, 3.05) is 14.2 Å². The molecule has 0 fully saturated rings. The van der Waals surface area contributed by atoms with Crippen LogP contribution in [0.15, 0.2) is 42.9 Å². The Labute approximate surface area is 90.3 Å². The van der Waals surface area contributed by atoms with Crippen molar-refractivity contribution < 1.29 is 14.2 Å². The Bertz CT molecular complexity index is 274. The van der Waals surface area contributed by atoms with Crippen molar-refractivity contribution in [3.05, 3.63) is 48.4 Å². The van der Waals surface area contributed by atoms with Gasteiger partial charge in [0.1, 0.15) is 12.5 Å². The minimum Gasteiger partial charge on any atom is -0.466 e. The Morgan fingerprint density at radius 1 is 1.07 bits per heavy atom. The predicted molar refractivity (Wildman–Crippen MR) is 58.2 cm³/mol. The summed E-state index contributed by atoms with van der Waals surface area (Å²) in [5.74, 6) is 0. The van der Waals surface area contributed by atoms with E-state index in [1.54, 1.807) is 26.7 Å². The molecule has 0 saturated carbocycles. The molecule has 0 N–H and O–H groups in total. The van der Waals surface area contributed by atoms with Gasteiger partial charge in [0.05, 0.1) is 0 Å². The zero-order chi connectivity index (χ0) is 10.9. The maximum Gasteiger partial charge on any atom is 0.160 e. The van der Waals surface area contributed by atoms with E-state index in [1.165, 1.54) is 5.56 Å². The molecule has 2 rings (SSSR count). The summed E-state index contributed by atoms with van der Waals surface area (Å²) in [5, 5.41) is 0. The van der Waals surface area contributed by atoms with E-state index < -0.39 is 0 Å². The quantitative estimate of drug-likeness (QED) is 0.711. The highest BCUT2D eigenvalue weighted by molar-refractivity contribution is 5.14. The van der Waals surface area contributed by atoms with E-state index in [9.17, 15) is 0 Å². The third-order valence-corrected chi connectivity index (χ3v) is 1.91. The SMILES string of the molecule is C1=CO1.COC(Cc1ccccc1)OC. The van der Waals surface area contributed by atoms with Crippen LogP contribution in [0.2, 0.25) is 0 Å². The number of ether oxygens (including phenoxy) is 3. The van der Waals surface area contributed by atoms with E-state index in [2.05, 4.69) is 16.9 Å². The van der Waals surface area contributed by atoms with Crippen molar-refractivity contribution in [1.82, 2.24) is 0 Å². The molecule has 0 amide bonds. The van der Waals surface area contributed by atoms with Gasteiger partial charge in [-0.05, 0) is 5.56 Å². The summed E-state index contributed by atoms with van der Waals surface area (Å²) in [5.41, 5.74) is 1.23. The molecule has 3 heteroatoms. The van der Waals surface area contributed by atoms with Crippen molar-refractivity contribution in [2.45, 2.75) is 12.7 Å². The maximum atomic E-state index is 5.08. The van der Waals surface area contributed by atoms with E-state index in [-0.39, 0.29) is 6.29 Å². The van der Waals surface area contributed by atoms with Gasteiger partial charge in [0.15, 0.2) is 6.29 Å². The van der Waals surface area contributed by atoms with Crippen LogP contribution in [-0.4, -0.2) is 20.5 Å². The molecule has 0 aliphatic carbocycles. The Morgan fingerprint density at radius 3 is 2.00 bits per heavy atom. The molecule has 0 unspecified atom stereocenters. The molecule has 0 saturated heterocycles. The summed E-state index contributed by atoms with van der Waals surface area (Å²) >= 11 is 0. The summed E-state index contributed by atoms with van der Waals surface area (Å²) in [6.07, 6.45) is 3.92. The molecule has 0 aromatic heterocycles. The van der Waals surface area contributed by atoms with Gasteiger partial charge in [0.2, 0.25) is 0 Å². The third-order valence-electron chi connectivity index (χ3n) is 1.91. The lowest BCUT2D eigenvalue weighted by atomic mass is 10.1.